The highest BCUT2D eigenvalue weighted by Gasteiger charge is 2.34. The topological polar surface area (TPSA) is 66.5 Å². The van der Waals surface area contributed by atoms with Crippen molar-refractivity contribution in [1.29, 1.82) is 0 Å². The van der Waals surface area contributed by atoms with Crippen LogP contribution in [0, 0.1) is 5.82 Å². The summed E-state index contributed by atoms with van der Waals surface area (Å²) in [5.41, 5.74) is 0.312. The largest absolute Gasteiger partial charge is 0.324 e. The van der Waals surface area contributed by atoms with E-state index in [1.165, 1.54) is 16.4 Å². The van der Waals surface area contributed by atoms with Gasteiger partial charge in [0.1, 0.15) is 5.82 Å². The van der Waals surface area contributed by atoms with Gasteiger partial charge in [0.15, 0.2) is 0 Å². The first-order chi connectivity index (χ1) is 13.8. The number of nitrogens with one attached hydrogen (secondary N) is 1. The van der Waals surface area contributed by atoms with E-state index in [-0.39, 0.29) is 27.5 Å². The summed E-state index contributed by atoms with van der Waals surface area (Å²) in [7, 11) is -3.98. The van der Waals surface area contributed by atoms with Crippen LogP contribution in [0.15, 0.2) is 47.4 Å². The van der Waals surface area contributed by atoms with E-state index in [0.29, 0.717) is 18.5 Å². The maximum absolute atomic E-state index is 13.3. The van der Waals surface area contributed by atoms with Crippen LogP contribution in [0.5, 0.6) is 0 Å². The molecule has 0 atom stereocenters. The molecule has 1 amide bonds. The van der Waals surface area contributed by atoms with Crippen LogP contribution in [0.1, 0.15) is 32.1 Å². The van der Waals surface area contributed by atoms with Crippen LogP contribution in [-0.2, 0) is 14.8 Å². The number of carbonyl (C=O) groups excluding carboxylic acids is 1. The normalized spacial score (nSPS) is 15.4. The van der Waals surface area contributed by atoms with Crippen molar-refractivity contribution in [2.75, 3.05) is 11.9 Å². The molecule has 1 aliphatic rings. The molecular weight excluding hydrogens is 438 g/mol. The third-order valence-corrected chi connectivity index (χ3v) is 7.66. The summed E-state index contributed by atoms with van der Waals surface area (Å²) in [6.45, 7) is -0.368. The smallest absolute Gasteiger partial charge is 0.243 e. The van der Waals surface area contributed by atoms with Gasteiger partial charge in [0.05, 0.1) is 27.2 Å². The average molecular weight is 459 g/mol. The lowest BCUT2D eigenvalue weighted by Gasteiger charge is -2.33. The second-order valence-electron chi connectivity index (χ2n) is 6.95. The van der Waals surface area contributed by atoms with E-state index in [4.69, 9.17) is 23.2 Å². The highest BCUT2D eigenvalue weighted by Crippen LogP contribution is 2.31. The zero-order valence-corrected chi connectivity index (χ0v) is 17.9. The molecule has 1 saturated carbocycles. The molecule has 156 valence electrons. The van der Waals surface area contributed by atoms with Crippen molar-refractivity contribution < 1.29 is 17.6 Å². The summed E-state index contributed by atoms with van der Waals surface area (Å²) in [5.74, 6) is -1.05. The van der Waals surface area contributed by atoms with Crippen LogP contribution in [-0.4, -0.2) is 31.2 Å². The lowest BCUT2D eigenvalue weighted by molar-refractivity contribution is -0.116. The fourth-order valence-corrected chi connectivity index (χ4v) is 5.44. The summed E-state index contributed by atoms with van der Waals surface area (Å²) in [6.07, 6.45) is 4.16. The number of carbonyl (C=O) groups is 1. The molecule has 29 heavy (non-hydrogen) atoms. The van der Waals surface area contributed by atoms with E-state index < -0.39 is 21.7 Å². The first-order valence-electron chi connectivity index (χ1n) is 9.30. The van der Waals surface area contributed by atoms with E-state index in [0.717, 1.165) is 31.4 Å². The molecule has 9 heteroatoms. The molecule has 3 rings (SSSR count). The summed E-state index contributed by atoms with van der Waals surface area (Å²) < 4.78 is 40.9. The number of nitrogens with zero attached hydrogens (tertiary/aromatic N) is 1. The molecule has 0 aromatic heterocycles. The van der Waals surface area contributed by atoms with Crippen molar-refractivity contribution in [2.45, 2.75) is 43.0 Å². The molecule has 2 aromatic carbocycles. The van der Waals surface area contributed by atoms with Gasteiger partial charge in [0, 0.05) is 6.04 Å². The molecule has 5 nitrogen and oxygen atoms in total. The predicted octanol–water partition coefficient (Wildman–Crippen LogP) is 5.09. The van der Waals surface area contributed by atoms with Crippen LogP contribution in [0.2, 0.25) is 10.0 Å². The molecule has 0 heterocycles. The SMILES string of the molecule is O=C(CN(C1CCCCC1)S(=O)(=O)c1ccc(F)cc1)Nc1cccc(Cl)c1Cl. The average Bonchev–Trinajstić information content (AvgIpc) is 2.70. The van der Waals surface area contributed by atoms with Gasteiger partial charge in [-0.2, -0.15) is 4.31 Å². The minimum Gasteiger partial charge on any atom is -0.324 e. The molecule has 1 fully saturated rings. The lowest BCUT2D eigenvalue weighted by atomic mass is 9.95. The summed E-state index contributed by atoms with van der Waals surface area (Å²) in [5, 5.41) is 3.10. The minimum atomic E-state index is -3.98. The fraction of sp³-hybridized carbons (Fsp3) is 0.350. The molecule has 0 saturated heterocycles. The van der Waals surface area contributed by atoms with Crippen LogP contribution >= 0.6 is 23.2 Å². The Kier molecular flexibility index (Phi) is 7.16. The van der Waals surface area contributed by atoms with Crippen LogP contribution in [0.4, 0.5) is 10.1 Å². The zero-order chi connectivity index (χ0) is 21.0. The summed E-state index contributed by atoms with van der Waals surface area (Å²) >= 11 is 12.1. The minimum absolute atomic E-state index is 0.0435. The molecule has 1 aliphatic carbocycles. The zero-order valence-electron chi connectivity index (χ0n) is 15.6. The Morgan fingerprint density at radius 3 is 2.38 bits per heavy atom. The van der Waals surface area contributed by atoms with Gasteiger partial charge >= 0.3 is 0 Å². The Morgan fingerprint density at radius 1 is 1.07 bits per heavy atom. The van der Waals surface area contributed by atoms with E-state index in [1.807, 2.05) is 0 Å². The van der Waals surface area contributed by atoms with Gasteiger partial charge in [-0.1, -0.05) is 48.5 Å². The van der Waals surface area contributed by atoms with Crippen LogP contribution in [0.3, 0.4) is 0 Å². The molecule has 0 spiro atoms. The van der Waals surface area contributed by atoms with Crippen LogP contribution < -0.4 is 5.32 Å². The number of amides is 1. The van der Waals surface area contributed by atoms with E-state index in [9.17, 15) is 17.6 Å². The first-order valence-corrected chi connectivity index (χ1v) is 11.5. The van der Waals surface area contributed by atoms with Crippen LogP contribution in [0.25, 0.3) is 0 Å². The Hall–Kier alpha value is -1.67. The number of halogens is 3. The van der Waals surface area contributed by atoms with Crippen molar-refractivity contribution in [3.63, 3.8) is 0 Å². The van der Waals surface area contributed by atoms with Crippen molar-refractivity contribution in [3.8, 4) is 0 Å². The van der Waals surface area contributed by atoms with Gasteiger partial charge in [-0.15, -0.1) is 0 Å². The van der Waals surface area contributed by atoms with Crippen molar-refractivity contribution in [2.24, 2.45) is 0 Å². The highest BCUT2D eigenvalue weighted by molar-refractivity contribution is 7.89. The predicted molar refractivity (Wildman–Crippen MR) is 112 cm³/mol. The molecule has 0 unspecified atom stereocenters. The fourth-order valence-electron chi connectivity index (χ4n) is 3.45. The molecule has 0 bridgehead atoms. The molecule has 0 aliphatic heterocycles. The third-order valence-electron chi connectivity index (χ3n) is 4.93. The molecule has 0 radical (unpaired) electrons. The second-order valence-corrected chi connectivity index (χ2v) is 9.62. The van der Waals surface area contributed by atoms with E-state index in [2.05, 4.69) is 5.32 Å². The first kappa shape index (κ1) is 22.0. The summed E-state index contributed by atoms with van der Waals surface area (Å²) in [4.78, 5) is 12.6. The second kappa shape index (κ2) is 9.43. The van der Waals surface area contributed by atoms with Gasteiger partial charge in [-0.3, -0.25) is 4.79 Å². The number of hydrogen-bond acceptors (Lipinski definition) is 3. The maximum atomic E-state index is 13.3. The Balaban J connectivity index is 1.86. The Morgan fingerprint density at radius 2 is 1.72 bits per heavy atom. The monoisotopic (exact) mass is 458 g/mol. The number of hydrogen-bond donors (Lipinski definition) is 1. The molecular formula is C20H21Cl2FN2O3S. The maximum Gasteiger partial charge on any atom is 0.243 e. The third kappa shape index (κ3) is 5.28. The number of anilines is 1. The van der Waals surface area contributed by atoms with Crippen molar-refractivity contribution in [1.82, 2.24) is 4.31 Å². The van der Waals surface area contributed by atoms with Crippen molar-refractivity contribution in [3.05, 3.63) is 58.3 Å². The number of benzene rings is 2. The van der Waals surface area contributed by atoms with E-state index >= 15 is 0 Å². The Labute approximate surface area is 179 Å². The number of sulfonamides is 1. The molecule has 2 aromatic rings. The molecule has 1 N–H and O–H groups in total. The van der Waals surface area contributed by atoms with Gasteiger partial charge in [0.2, 0.25) is 15.9 Å². The van der Waals surface area contributed by atoms with Gasteiger partial charge in [-0.25, -0.2) is 12.8 Å². The summed E-state index contributed by atoms with van der Waals surface area (Å²) in [6, 6.07) is 9.14. The van der Waals surface area contributed by atoms with E-state index in [1.54, 1.807) is 18.2 Å². The lowest BCUT2D eigenvalue weighted by Crippen LogP contribution is -2.45. The van der Waals surface area contributed by atoms with Gasteiger partial charge in [0.25, 0.3) is 0 Å². The number of rotatable bonds is 6. The highest BCUT2D eigenvalue weighted by atomic mass is 35.5. The Bertz CT molecular complexity index is 978. The van der Waals surface area contributed by atoms with Crippen molar-refractivity contribution >= 4 is 44.8 Å². The van der Waals surface area contributed by atoms with Gasteiger partial charge < -0.3 is 5.32 Å². The van der Waals surface area contributed by atoms with Gasteiger partial charge in [-0.05, 0) is 49.2 Å². The standard InChI is InChI=1S/C20H21Cl2FN2O3S/c21-17-7-4-8-18(20(17)22)24-19(26)13-25(15-5-2-1-3-6-15)29(27,28)16-11-9-14(23)10-12-16/h4,7-12,15H,1-3,5-6,13H2,(H,24,26). The quantitative estimate of drug-likeness (QED) is 0.654.